The van der Waals surface area contributed by atoms with Gasteiger partial charge in [-0.1, -0.05) is 58.4 Å². The van der Waals surface area contributed by atoms with Gasteiger partial charge in [0.2, 0.25) is 0 Å². The molecule has 1 amide bonds. The van der Waals surface area contributed by atoms with Crippen molar-refractivity contribution in [2.45, 2.75) is 44.1 Å². The van der Waals surface area contributed by atoms with E-state index in [1.807, 2.05) is 60.7 Å². The lowest BCUT2D eigenvalue weighted by Gasteiger charge is -2.23. The van der Waals surface area contributed by atoms with Crippen LogP contribution in [0.15, 0.2) is 71.2 Å². The third-order valence-corrected chi connectivity index (χ3v) is 7.34. The molecule has 4 nitrogen and oxygen atoms in total. The van der Waals surface area contributed by atoms with Gasteiger partial charge in [0, 0.05) is 22.1 Å². The summed E-state index contributed by atoms with van der Waals surface area (Å²) in [5.74, 6) is -0.645. The Labute approximate surface area is 202 Å². The molecule has 0 bridgehead atoms. The quantitative estimate of drug-likeness (QED) is 0.459. The minimum Gasteiger partial charge on any atom is -0.375 e. The SMILES string of the molecule is O=C(C[C@@]1(O)C(=O)N(CCc2ccccc2)c2ccc(Br)cc21)c1ccc2c(c1)CCCC2. The number of Topliss-reactive ketones (excluding diaryl/α,β-unsaturated/α-hetero) is 1. The number of halogens is 1. The molecule has 1 heterocycles. The molecule has 3 aromatic carbocycles. The predicted molar refractivity (Wildman–Crippen MR) is 133 cm³/mol. The van der Waals surface area contributed by atoms with E-state index in [2.05, 4.69) is 15.9 Å². The van der Waals surface area contributed by atoms with Crippen molar-refractivity contribution in [3.63, 3.8) is 0 Å². The summed E-state index contributed by atoms with van der Waals surface area (Å²) in [6.45, 7) is 0.437. The molecule has 2 aliphatic rings. The molecule has 0 unspecified atom stereocenters. The maximum absolute atomic E-state index is 13.5. The van der Waals surface area contributed by atoms with Crippen LogP contribution in [0.1, 0.15) is 51.9 Å². The fourth-order valence-corrected chi connectivity index (χ4v) is 5.40. The number of carbonyl (C=O) groups is 2. The summed E-state index contributed by atoms with van der Waals surface area (Å²) in [5.41, 5.74) is 3.48. The van der Waals surface area contributed by atoms with Crippen molar-refractivity contribution in [3.8, 4) is 0 Å². The van der Waals surface area contributed by atoms with Crippen LogP contribution in [0.5, 0.6) is 0 Å². The Morgan fingerprint density at radius 3 is 2.52 bits per heavy atom. The topological polar surface area (TPSA) is 57.6 Å². The van der Waals surface area contributed by atoms with Crippen LogP contribution in [-0.2, 0) is 29.7 Å². The molecule has 3 aromatic rings. The van der Waals surface area contributed by atoms with E-state index in [1.54, 1.807) is 11.0 Å². The van der Waals surface area contributed by atoms with E-state index in [1.165, 1.54) is 17.5 Å². The van der Waals surface area contributed by atoms with Crippen molar-refractivity contribution in [1.82, 2.24) is 0 Å². The van der Waals surface area contributed by atoms with Gasteiger partial charge in [0.15, 0.2) is 11.4 Å². The fraction of sp³-hybridized carbons (Fsp3) is 0.286. The molecule has 1 N–H and O–H groups in total. The zero-order valence-corrected chi connectivity index (χ0v) is 20.0. The van der Waals surface area contributed by atoms with Crippen molar-refractivity contribution in [2.75, 3.05) is 11.4 Å². The second kappa shape index (κ2) is 8.88. The average molecular weight is 504 g/mol. The zero-order valence-electron chi connectivity index (χ0n) is 18.4. The molecule has 0 radical (unpaired) electrons. The van der Waals surface area contributed by atoms with Crippen molar-refractivity contribution in [1.29, 1.82) is 0 Å². The highest BCUT2D eigenvalue weighted by atomic mass is 79.9. The van der Waals surface area contributed by atoms with Gasteiger partial charge in [0.1, 0.15) is 0 Å². The Balaban J connectivity index is 1.43. The molecule has 1 aliphatic heterocycles. The van der Waals surface area contributed by atoms with Gasteiger partial charge in [-0.25, -0.2) is 0 Å². The first-order valence-corrected chi connectivity index (χ1v) is 12.3. The van der Waals surface area contributed by atoms with Gasteiger partial charge in [0.05, 0.1) is 12.1 Å². The number of aryl methyl sites for hydroxylation is 2. The molecule has 1 aliphatic carbocycles. The van der Waals surface area contributed by atoms with Crippen molar-refractivity contribution >= 4 is 33.3 Å². The molecule has 0 aromatic heterocycles. The number of hydrogen-bond donors (Lipinski definition) is 1. The number of nitrogens with zero attached hydrogens (tertiary/aromatic N) is 1. The third kappa shape index (κ3) is 4.16. The molecule has 0 saturated heterocycles. The molecule has 0 saturated carbocycles. The second-order valence-electron chi connectivity index (χ2n) is 9.00. The summed E-state index contributed by atoms with van der Waals surface area (Å²) in [6, 6.07) is 21.2. The van der Waals surface area contributed by atoms with E-state index in [0.29, 0.717) is 29.8 Å². The van der Waals surface area contributed by atoms with Crippen molar-refractivity contribution < 1.29 is 14.7 Å². The summed E-state index contributed by atoms with van der Waals surface area (Å²) in [5, 5.41) is 11.6. The zero-order chi connectivity index (χ0) is 23.0. The van der Waals surface area contributed by atoms with Gasteiger partial charge in [-0.15, -0.1) is 0 Å². The highest BCUT2D eigenvalue weighted by molar-refractivity contribution is 9.10. The van der Waals surface area contributed by atoms with Gasteiger partial charge >= 0.3 is 0 Å². The van der Waals surface area contributed by atoms with Crippen LogP contribution in [0.3, 0.4) is 0 Å². The number of hydrogen-bond acceptors (Lipinski definition) is 3. The van der Waals surface area contributed by atoms with E-state index >= 15 is 0 Å². The van der Waals surface area contributed by atoms with Crippen molar-refractivity contribution in [2.24, 2.45) is 0 Å². The number of carbonyl (C=O) groups excluding carboxylic acids is 2. The van der Waals surface area contributed by atoms with Crippen molar-refractivity contribution in [3.05, 3.63) is 99.0 Å². The third-order valence-electron chi connectivity index (χ3n) is 6.85. The van der Waals surface area contributed by atoms with Gasteiger partial charge in [-0.3, -0.25) is 9.59 Å². The number of amides is 1. The summed E-state index contributed by atoms with van der Waals surface area (Å²) in [4.78, 5) is 28.4. The average Bonchev–Trinajstić information content (AvgIpc) is 3.04. The summed E-state index contributed by atoms with van der Waals surface area (Å²) < 4.78 is 0.763. The highest BCUT2D eigenvalue weighted by Crippen LogP contribution is 2.44. The first-order valence-electron chi connectivity index (χ1n) is 11.5. The molecular weight excluding hydrogens is 478 g/mol. The normalized spacial score (nSPS) is 19.3. The molecule has 33 heavy (non-hydrogen) atoms. The van der Waals surface area contributed by atoms with E-state index in [9.17, 15) is 14.7 Å². The van der Waals surface area contributed by atoms with Crippen LogP contribution < -0.4 is 4.90 Å². The monoisotopic (exact) mass is 503 g/mol. The lowest BCUT2D eigenvalue weighted by atomic mass is 9.85. The maximum atomic E-state index is 13.5. The molecular formula is C28H26BrNO3. The Bertz CT molecular complexity index is 1220. The number of aliphatic hydroxyl groups is 1. The second-order valence-corrected chi connectivity index (χ2v) is 9.92. The Morgan fingerprint density at radius 2 is 1.73 bits per heavy atom. The van der Waals surface area contributed by atoms with Gasteiger partial charge in [-0.2, -0.15) is 0 Å². The lowest BCUT2D eigenvalue weighted by molar-refractivity contribution is -0.135. The smallest absolute Gasteiger partial charge is 0.264 e. The van der Waals surface area contributed by atoms with Crippen LogP contribution in [0.25, 0.3) is 0 Å². The van der Waals surface area contributed by atoms with E-state index in [0.717, 1.165) is 29.3 Å². The van der Waals surface area contributed by atoms with Gasteiger partial charge in [-0.05, 0) is 73.1 Å². The number of fused-ring (bicyclic) bond motifs is 2. The highest BCUT2D eigenvalue weighted by Gasteiger charge is 2.50. The van der Waals surface area contributed by atoms with Crippen LogP contribution in [-0.4, -0.2) is 23.3 Å². The van der Waals surface area contributed by atoms with E-state index < -0.39 is 11.5 Å². The lowest BCUT2D eigenvalue weighted by Crippen LogP contribution is -2.42. The number of ketones is 1. The first kappa shape index (κ1) is 22.1. The number of benzene rings is 3. The fourth-order valence-electron chi connectivity index (χ4n) is 5.04. The molecule has 1 atom stereocenters. The van der Waals surface area contributed by atoms with Crippen LogP contribution in [0, 0.1) is 0 Å². The minimum atomic E-state index is -1.87. The predicted octanol–water partition coefficient (Wildman–Crippen LogP) is 5.38. The van der Waals surface area contributed by atoms with Crippen LogP contribution in [0.4, 0.5) is 5.69 Å². The largest absolute Gasteiger partial charge is 0.375 e. The number of rotatable bonds is 6. The minimum absolute atomic E-state index is 0.213. The van der Waals surface area contributed by atoms with Crippen LogP contribution >= 0.6 is 15.9 Å². The Hall–Kier alpha value is -2.76. The Kier molecular flexibility index (Phi) is 5.94. The van der Waals surface area contributed by atoms with Gasteiger partial charge in [0.25, 0.3) is 5.91 Å². The molecule has 0 spiro atoms. The summed E-state index contributed by atoms with van der Waals surface area (Å²) in [7, 11) is 0. The molecule has 168 valence electrons. The standard InChI is InChI=1S/C28H26BrNO3/c29-23-12-13-25-24(17-23)28(33,27(32)30(25)15-14-19-6-2-1-3-7-19)18-26(31)22-11-10-20-8-4-5-9-21(20)16-22/h1-3,6-7,10-13,16-17,33H,4-5,8-9,14-15,18H2/t28-/m0/s1. The van der Waals surface area contributed by atoms with Crippen LogP contribution in [0.2, 0.25) is 0 Å². The molecule has 5 heteroatoms. The summed E-state index contributed by atoms with van der Waals surface area (Å²) in [6.07, 6.45) is 4.73. The van der Waals surface area contributed by atoms with E-state index in [-0.39, 0.29) is 12.2 Å². The van der Waals surface area contributed by atoms with Gasteiger partial charge < -0.3 is 10.0 Å². The maximum Gasteiger partial charge on any atom is 0.264 e. The summed E-state index contributed by atoms with van der Waals surface area (Å²) >= 11 is 3.46. The number of anilines is 1. The molecule has 5 rings (SSSR count). The first-order chi connectivity index (χ1) is 16.0. The Morgan fingerprint density at radius 1 is 0.970 bits per heavy atom. The molecule has 0 fully saturated rings. The van der Waals surface area contributed by atoms with E-state index in [4.69, 9.17) is 0 Å².